The van der Waals surface area contributed by atoms with Gasteiger partial charge in [0.15, 0.2) is 6.10 Å². The maximum Gasteiger partial charge on any atom is 0.261 e. The summed E-state index contributed by atoms with van der Waals surface area (Å²) < 4.78 is 5.59. The molecule has 2 unspecified atom stereocenters. The van der Waals surface area contributed by atoms with Gasteiger partial charge in [0.2, 0.25) is 0 Å². The van der Waals surface area contributed by atoms with Gasteiger partial charge in [0, 0.05) is 0 Å². The lowest BCUT2D eigenvalue weighted by Crippen LogP contribution is -2.54. The second kappa shape index (κ2) is 6.06. The van der Waals surface area contributed by atoms with Crippen LogP contribution in [0.2, 0.25) is 0 Å². The van der Waals surface area contributed by atoms with Crippen molar-refractivity contribution in [1.29, 1.82) is 0 Å². The molecule has 2 N–H and O–H groups in total. The SMILES string of the molecule is Cc1cccc(OC(C)C(=O)NC(C)(C)C(C)O)c1. The zero-order valence-electron chi connectivity index (χ0n) is 12.2. The Morgan fingerprint density at radius 1 is 1.37 bits per heavy atom. The van der Waals surface area contributed by atoms with E-state index in [9.17, 15) is 9.90 Å². The van der Waals surface area contributed by atoms with Crippen LogP contribution in [0.5, 0.6) is 5.75 Å². The molecule has 0 saturated carbocycles. The number of hydrogen-bond acceptors (Lipinski definition) is 3. The van der Waals surface area contributed by atoms with Gasteiger partial charge in [-0.15, -0.1) is 0 Å². The van der Waals surface area contributed by atoms with Crippen LogP contribution in [0.15, 0.2) is 24.3 Å². The fourth-order valence-corrected chi connectivity index (χ4v) is 1.47. The van der Waals surface area contributed by atoms with Crippen LogP contribution in [0.1, 0.15) is 33.3 Å². The Morgan fingerprint density at radius 2 is 2.00 bits per heavy atom. The Kier molecular flexibility index (Phi) is 4.95. The summed E-state index contributed by atoms with van der Waals surface area (Å²) in [6.45, 7) is 8.85. The molecule has 2 atom stereocenters. The Bertz CT molecular complexity index is 441. The summed E-state index contributed by atoms with van der Waals surface area (Å²) >= 11 is 0. The summed E-state index contributed by atoms with van der Waals surface area (Å²) in [7, 11) is 0. The summed E-state index contributed by atoms with van der Waals surface area (Å²) in [6.07, 6.45) is -1.25. The number of hydrogen-bond donors (Lipinski definition) is 2. The highest BCUT2D eigenvalue weighted by Gasteiger charge is 2.28. The molecule has 106 valence electrons. The van der Waals surface area contributed by atoms with Crippen molar-refractivity contribution in [2.75, 3.05) is 0 Å². The van der Waals surface area contributed by atoms with Gasteiger partial charge in [-0.25, -0.2) is 0 Å². The van der Waals surface area contributed by atoms with Crippen LogP contribution in [0.3, 0.4) is 0 Å². The van der Waals surface area contributed by atoms with E-state index in [-0.39, 0.29) is 5.91 Å². The number of aliphatic hydroxyl groups is 1. The van der Waals surface area contributed by atoms with E-state index in [4.69, 9.17) is 4.74 Å². The normalized spacial score (nSPS) is 14.6. The molecule has 0 bridgehead atoms. The van der Waals surface area contributed by atoms with Gasteiger partial charge in [0.05, 0.1) is 11.6 Å². The lowest BCUT2D eigenvalue weighted by molar-refractivity contribution is -0.130. The van der Waals surface area contributed by atoms with E-state index >= 15 is 0 Å². The molecule has 1 rings (SSSR count). The average molecular weight is 265 g/mol. The van der Waals surface area contributed by atoms with Crippen molar-refractivity contribution in [3.63, 3.8) is 0 Å². The number of benzene rings is 1. The summed E-state index contributed by atoms with van der Waals surface area (Å²) in [4.78, 5) is 12.0. The lowest BCUT2D eigenvalue weighted by Gasteiger charge is -2.30. The predicted octanol–water partition coefficient (Wildman–Crippen LogP) is 2.04. The fraction of sp³-hybridized carbons (Fsp3) is 0.533. The topological polar surface area (TPSA) is 58.6 Å². The number of aliphatic hydroxyl groups excluding tert-OH is 1. The first-order valence-electron chi connectivity index (χ1n) is 6.46. The maximum atomic E-state index is 12.0. The summed E-state index contributed by atoms with van der Waals surface area (Å²) in [5.41, 5.74) is 0.399. The molecule has 0 aliphatic carbocycles. The molecule has 0 aromatic heterocycles. The van der Waals surface area contributed by atoms with Crippen LogP contribution >= 0.6 is 0 Å². The number of nitrogens with one attached hydrogen (secondary N) is 1. The minimum absolute atomic E-state index is 0.243. The van der Waals surface area contributed by atoms with E-state index < -0.39 is 17.7 Å². The Hall–Kier alpha value is -1.55. The highest BCUT2D eigenvalue weighted by Crippen LogP contribution is 2.15. The maximum absolute atomic E-state index is 12.0. The van der Waals surface area contributed by atoms with Gasteiger partial charge in [-0.3, -0.25) is 4.79 Å². The highest BCUT2D eigenvalue weighted by molar-refractivity contribution is 5.81. The average Bonchev–Trinajstić information content (AvgIpc) is 2.28. The van der Waals surface area contributed by atoms with Crippen LogP contribution in [-0.2, 0) is 4.79 Å². The zero-order valence-corrected chi connectivity index (χ0v) is 12.2. The Balaban J connectivity index is 2.63. The third-order valence-electron chi connectivity index (χ3n) is 3.16. The number of ether oxygens (including phenoxy) is 1. The number of carbonyl (C=O) groups excluding carboxylic acids is 1. The lowest BCUT2D eigenvalue weighted by atomic mass is 9.98. The monoisotopic (exact) mass is 265 g/mol. The first-order valence-corrected chi connectivity index (χ1v) is 6.46. The molecule has 0 heterocycles. The van der Waals surface area contributed by atoms with Crippen molar-refractivity contribution in [2.24, 2.45) is 0 Å². The molecule has 4 heteroatoms. The minimum atomic E-state index is -0.679. The van der Waals surface area contributed by atoms with Gasteiger partial charge >= 0.3 is 0 Å². The van der Waals surface area contributed by atoms with Crippen molar-refractivity contribution < 1.29 is 14.6 Å². The van der Waals surface area contributed by atoms with Gasteiger partial charge in [0.25, 0.3) is 5.91 Å². The van der Waals surface area contributed by atoms with Crippen LogP contribution in [-0.4, -0.2) is 28.8 Å². The van der Waals surface area contributed by atoms with E-state index in [1.54, 1.807) is 27.7 Å². The second-order valence-electron chi connectivity index (χ2n) is 5.46. The van der Waals surface area contributed by atoms with Crippen LogP contribution < -0.4 is 10.1 Å². The van der Waals surface area contributed by atoms with Gasteiger partial charge < -0.3 is 15.2 Å². The van der Waals surface area contributed by atoms with Crippen molar-refractivity contribution in [2.45, 2.75) is 52.4 Å². The molecule has 0 aliphatic heterocycles. The first-order chi connectivity index (χ1) is 8.72. The van der Waals surface area contributed by atoms with Crippen molar-refractivity contribution in [1.82, 2.24) is 5.32 Å². The fourth-order valence-electron chi connectivity index (χ4n) is 1.47. The predicted molar refractivity (Wildman–Crippen MR) is 75.2 cm³/mol. The third-order valence-corrected chi connectivity index (χ3v) is 3.16. The van der Waals surface area contributed by atoms with Crippen LogP contribution in [0, 0.1) is 6.92 Å². The van der Waals surface area contributed by atoms with Gasteiger partial charge in [0.1, 0.15) is 5.75 Å². The highest BCUT2D eigenvalue weighted by atomic mass is 16.5. The number of carbonyl (C=O) groups is 1. The first kappa shape index (κ1) is 15.5. The summed E-state index contributed by atoms with van der Waals surface area (Å²) in [5, 5.41) is 12.4. The van der Waals surface area contributed by atoms with Gasteiger partial charge in [-0.05, 0) is 52.3 Å². The van der Waals surface area contributed by atoms with Crippen LogP contribution in [0.25, 0.3) is 0 Å². The number of rotatable bonds is 5. The van der Waals surface area contributed by atoms with Crippen molar-refractivity contribution in [3.8, 4) is 5.75 Å². The quantitative estimate of drug-likeness (QED) is 0.856. The molecule has 0 spiro atoms. The third kappa shape index (κ3) is 4.56. The molecule has 0 aliphatic rings. The minimum Gasteiger partial charge on any atom is -0.481 e. The standard InChI is InChI=1S/C15H23NO3/c1-10-7-6-8-13(9-10)19-11(2)14(18)16-15(4,5)12(3)17/h6-9,11-12,17H,1-5H3,(H,16,18). The molecule has 0 saturated heterocycles. The van der Waals surface area contributed by atoms with E-state index in [0.717, 1.165) is 5.56 Å². The molecule has 19 heavy (non-hydrogen) atoms. The molecule has 0 radical (unpaired) electrons. The smallest absolute Gasteiger partial charge is 0.261 e. The second-order valence-corrected chi connectivity index (χ2v) is 5.46. The molecule has 1 aromatic rings. The largest absolute Gasteiger partial charge is 0.481 e. The van der Waals surface area contributed by atoms with Crippen LogP contribution in [0.4, 0.5) is 0 Å². The van der Waals surface area contributed by atoms with Gasteiger partial charge in [-0.1, -0.05) is 12.1 Å². The molecule has 4 nitrogen and oxygen atoms in total. The number of amides is 1. The Morgan fingerprint density at radius 3 is 2.53 bits per heavy atom. The molecular formula is C15H23NO3. The molecule has 1 aromatic carbocycles. The van der Waals surface area contributed by atoms with E-state index in [2.05, 4.69) is 5.32 Å². The molecule has 1 amide bonds. The van der Waals surface area contributed by atoms with Gasteiger partial charge in [-0.2, -0.15) is 0 Å². The van der Waals surface area contributed by atoms with E-state index in [1.165, 1.54) is 0 Å². The van der Waals surface area contributed by atoms with E-state index in [1.807, 2.05) is 31.2 Å². The molecular weight excluding hydrogens is 242 g/mol. The van der Waals surface area contributed by atoms with E-state index in [0.29, 0.717) is 5.75 Å². The zero-order chi connectivity index (χ0) is 14.6. The van der Waals surface area contributed by atoms with Crippen molar-refractivity contribution in [3.05, 3.63) is 29.8 Å². The molecule has 0 fully saturated rings. The Labute approximate surface area is 114 Å². The summed E-state index contributed by atoms with van der Waals surface area (Å²) in [5.74, 6) is 0.421. The van der Waals surface area contributed by atoms with Crippen molar-refractivity contribution >= 4 is 5.91 Å². The summed E-state index contributed by atoms with van der Waals surface area (Å²) in [6, 6.07) is 7.54. The number of aryl methyl sites for hydroxylation is 1.